The maximum absolute atomic E-state index is 5.61. The Balaban J connectivity index is 1.47. The number of hydrogen-bond donors (Lipinski definition) is 2. The highest BCUT2D eigenvalue weighted by Gasteiger charge is 2.27. The van der Waals surface area contributed by atoms with E-state index in [1.165, 1.54) is 24.8 Å². The molecule has 0 radical (unpaired) electrons. The average Bonchev–Trinajstić information content (AvgIpc) is 2.72. The number of morpholine rings is 1. The summed E-state index contributed by atoms with van der Waals surface area (Å²) in [5.41, 5.74) is 3.26. The van der Waals surface area contributed by atoms with E-state index in [1.807, 2.05) is 0 Å². The molecular weight excluding hydrogens is 380 g/mol. The number of aromatic nitrogens is 1. The average molecular weight is 413 g/mol. The van der Waals surface area contributed by atoms with E-state index in [0.29, 0.717) is 17.1 Å². The fourth-order valence-electron chi connectivity index (χ4n) is 4.53. The van der Waals surface area contributed by atoms with E-state index in [2.05, 4.69) is 60.6 Å². The first-order valence-corrected chi connectivity index (χ1v) is 11.2. The van der Waals surface area contributed by atoms with Crippen molar-refractivity contribution in [3.63, 3.8) is 0 Å². The normalized spacial score (nSPS) is 25.1. The summed E-state index contributed by atoms with van der Waals surface area (Å²) in [4.78, 5) is 7.19. The molecule has 29 heavy (non-hydrogen) atoms. The van der Waals surface area contributed by atoms with Crippen LogP contribution in [0, 0.1) is 18.8 Å². The number of ether oxygens (including phenoxy) is 1. The lowest BCUT2D eigenvalue weighted by atomic mass is 9.78. The van der Waals surface area contributed by atoms with Gasteiger partial charge in [0.05, 0.1) is 18.7 Å². The number of nitrogens with one attached hydrogen (secondary N) is 2. The van der Waals surface area contributed by atoms with Gasteiger partial charge < -0.3 is 20.3 Å². The van der Waals surface area contributed by atoms with E-state index in [9.17, 15) is 0 Å². The maximum atomic E-state index is 5.61. The van der Waals surface area contributed by atoms with Crippen LogP contribution >= 0.6 is 12.2 Å². The Labute approximate surface area is 179 Å². The third-order valence-corrected chi connectivity index (χ3v) is 6.84. The molecule has 1 aromatic carbocycles. The lowest BCUT2D eigenvalue weighted by molar-refractivity contribution is 0.122. The van der Waals surface area contributed by atoms with Crippen LogP contribution in [0.3, 0.4) is 0 Å². The van der Waals surface area contributed by atoms with Gasteiger partial charge in [0.1, 0.15) is 5.82 Å². The van der Waals surface area contributed by atoms with Crippen LogP contribution in [0.15, 0.2) is 24.3 Å². The largest absolute Gasteiger partial charge is 0.378 e. The van der Waals surface area contributed by atoms with Crippen LogP contribution in [-0.2, 0) is 4.74 Å². The predicted octanol–water partition coefficient (Wildman–Crippen LogP) is 4.49. The van der Waals surface area contributed by atoms with Crippen LogP contribution in [-0.4, -0.2) is 42.4 Å². The van der Waals surface area contributed by atoms with Gasteiger partial charge in [0.25, 0.3) is 0 Å². The summed E-state index contributed by atoms with van der Waals surface area (Å²) in [7, 11) is 0. The second-order valence-electron chi connectivity index (χ2n) is 8.60. The SMILES string of the molecule is Cc1cc(N2CCOCC2)nc2ccc(NC(=S)NC3CCCC(C)C3C)cc12. The Kier molecular flexibility index (Phi) is 6.20. The number of fused-ring (bicyclic) bond motifs is 1. The van der Waals surface area contributed by atoms with Crippen LogP contribution in [0.1, 0.15) is 38.7 Å². The first-order valence-electron chi connectivity index (χ1n) is 10.8. The first-order chi connectivity index (χ1) is 14.0. The third-order valence-electron chi connectivity index (χ3n) is 6.62. The van der Waals surface area contributed by atoms with E-state index < -0.39 is 0 Å². The van der Waals surface area contributed by atoms with E-state index in [1.54, 1.807) is 0 Å². The number of pyridine rings is 1. The Morgan fingerprint density at radius 2 is 1.97 bits per heavy atom. The van der Waals surface area contributed by atoms with E-state index in [-0.39, 0.29) is 0 Å². The van der Waals surface area contributed by atoms with Crippen molar-refractivity contribution in [2.24, 2.45) is 11.8 Å². The minimum Gasteiger partial charge on any atom is -0.378 e. The molecular formula is C23H32N4OS. The molecule has 1 aliphatic heterocycles. The van der Waals surface area contributed by atoms with Crippen molar-refractivity contribution in [1.82, 2.24) is 10.3 Å². The lowest BCUT2D eigenvalue weighted by Gasteiger charge is -2.35. The molecule has 2 fully saturated rings. The zero-order chi connectivity index (χ0) is 20.4. The molecule has 5 nitrogen and oxygen atoms in total. The fraction of sp³-hybridized carbons (Fsp3) is 0.565. The van der Waals surface area contributed by atoms with Crippen LogP contribution in [0.4, 0.5) is 11.5 Å². The van der Waals surface area contributed by atoms with Gasteiger partial charge in [-0.25, -0.2) is 4.98 Å². The molecule has 156 valence electrons. The maximum Gasteiger partial charge on any atom is 0.171 e. The lowest BCUT2D eigenvalue weighted by Crippen LogP contribution is -2.45. The molecule has 2 aromatic rings. The number of thiocarbonyl (C=S) groups is 1. The first kappa shape index (κ1) is 20.4. The zero-order valence-corrected chi connectivity index (χ0v) is 18.5. The molecule has 1 aromatic heterocycles. The van der Waals surface area contributed by atoms with Crippen LogP contribution < -0.4 is 15.5 Å². The molecule has 2 N–H and O–H groups in total. The predicted molar refractivity (Wildman–Crippen MR) is 125 cm³/mol. The third kappa shape index (κ3) is 4.64. The smallest absolute Gasteiger partial charge is 0.171 e. The second-order valence-corrected chi connectivity index (χ2v) is 9.01. The molecule has 6 heteroatoms. The van der Waals surface area contributed by atoms with Crippen LogP contribution in [0.25, 0.3) is 10.9 Å². The minimum atomic E-state index is 0.457. The Morgan fingerprint density at radius 3 is 2.76 bits per heavy atom. The summed E-state index contributed by atoms with van der Waals surface area (Å²) in [6, 6.07) is 8.95. The van der Waals surface area contributed by atoms with Crippen LogP contribution in [0.5, 0.6) is 0 Å². The fourth-order valence-corrected chi connectivity index (χ4v) is 4.80. The minimum absolute atomic E-state index is 0.457. The summed E-state index contributed by atoms with van der Waals surface area (Å²) in [6.07, 6.45) is 3.79. The Bertz CT molecular complexity index is 881. The van der Waals surface area contributed by atoms with E-state index >= 15 is 0 Å². The second kappa shape index (κ2) is 8.84. The Morgan fingerprint density at radius 1 is 1.17 bits per heavy atom. The van der Waals surface area contributed by atoms with Crippen molar-refractivity contribution in [3.8, 4) is 0 Å². The van der Waals surface area contributed by atoms with Crippen molar-refractivity contribution < 1.29 is 4.74 Å². The highest BCUT2D eigenvalue weighted by molar-refractivity contribution is 7.80. The standard InChI is InChI=1S/C23H32N4OS/c1-15-5-4-6-20(17(15)3)26-23(29)24-18-7-8-21-19(14-18)16(2)13-22(25-21)27-9-11-28-12-10-27/h7-8,13-15,17,20H,4-6,9-12H2,1-3H3,(H2,24,26,29). The molecule has 1 aliphatic carbocycles. The molecule has 1 saturated heterocycles. The molecule has 4 rings (SSSR count). The van der Waals surface area contributed by atoms with Crippen molar-refractivity contribution in [2.45, 2.75) is 46.1 Å². The van der Waals surface area contributed by atoms with Crippen molar-refractivity contribution in [2.75, 3.05) is 36.5 Å². The van der Waals surface area contributed by atoms with Gasteiger partial charge in [-0.15, -0.1) is 0 Å². The molecule has 0 bridgehead atoms. The highest BCUT2D eigenvalue weighted by atomic mass is 32.1. The summed E-state index contributed by atoms with van der Waals surface area (Å²) in [5.74, 6) is 2.43. The molecule has 0 amide bonds. The molecule has 3 atom stereocenters. The van der Waals surface area contributed by atoms with E-state index in [4.69, 9.17) is 21.9 Å². The van der Waals surface area contributed by atoms with E-state index in [0.717, 1.165) is 54.6 Å². The number of anilines is 2. The van der Waals surface area contributed by atoms with Gasteiger partial charge in [-0.2, -0.15) is 0 Å². The van der Waals surface area contributed by atoms with Gasteiger partial charge in [-0.1, -0.05) is 26.7 Å². The number of nitrogens with zero attached hydrogens (tertiary/aromatic N) is 2. The van der Waals surface area contributed by atoms with Crippen molar-refractivity contribution in [3.05, 3.63) is 29.8 Å². The quantitative estimate of drug-likeness (QED) is 0.725. The van der Waals surface area contributed by atoms with Gasteiger partial charge in [-0.05, 0) is 67.2 Å². The van der Waals surface area contributed by atoms with Crippen molar-refractivity contribution in [1.29, 1.82) is 0 Å². The highest BCUT2D eigenvalue weighted by Crippen LogP contribution is 2.30. The molecule has 2 aliphatic rings. The monoisotopic (exact) mass is 412 g/mol. The number of hydrogen-bond acceptors (Lipinski definition) is 4. The zero-order valence-electron chi connectivity index (χ0n) is 17.7. The molecule has 1 saturated carbocycles. The van der Waals surface area contributed by atoms with Gasteiger partial charge in [0.2, 0.25) is 0 Å². The number of aryl methyl sites for hydroxylation is 1. The summed E-state index contributed by atoms with van der Waals surface area (Å²) < 4.78 is 5.46. The van der Waals surface area contributed by atoms with Crippen LogP contribution in [0.2, 0.25) is 0 Å². The van der Waals surface area contributed by atoms with Gasteiger partial charge in [-0.3, -0.25) is 0 Å². The summed E-state index contributed by atoms with van der Waals surface area (Å²) in [6.45, 7) is 10.2. The van der Waals surface area contributed by atoms with Gasteiger partial charge in [0.15, 0.2) is 5.11 Å². The molecule has 2 heterocycles. The van der Waals surface area contributed by atoms with Gasteiger partial charge >= 0.3 is 0 Å². The summed E-state index contributed by atoms with van der Waals surface area (Å²) >= 11 is 5.61. The van der Waals surface area contributed by atoms with Gasteiger partial charge in [0, 0.05) is 30.2 Å². The van der Waals surface area contributed by atoms with Crippen molar-refractivity contribution >= 4 is 39.7 Å². The Hall–Kier alpha value is -1.92. The molecule has 3 unspecified atom stereocenters. The topological polar surface area (TPSA) is 49.4 Å². The summed E-state index contributed by atoms with van der Waals surface area (Å²) in [5, 5.41) is 8.81. The number of benzene rings is 1. The number of rotatable bonds is 3. The molecule has 0 spiro atoms.